The zero-order valence-electron chi connectivity index (χ0n) is 23.7. The average molecular weight is 566 g/mol. The predicted octanol–water partition coefficient (Wildman–Crippen LogP) is 4.92. The number of aryl methyl sites for hydroxylation is 1. The smallest absolute Gasteiger partial charge is 0.264 e. The first-order valence-corrected chi connectivity index (χ1v) is 15.0. The Balaban J connectivity index is 2.07. The van der Waals surface area contributed by atoms with E-state index in [-0.39, 0.29) is 23.0 Å². The Morgan fingerprint density at radius 1 is 0.925 bits per heavy atom. The Morgan fingerprint density at radius 2 is 1.57 bits per heavy atom. The second-order valence-electron chi connectivity index (χ2n) is 9.51. The quantitative estimate of drug-likeness (QED) is 0.280. The minimum Gasteiger partial charge on any atom is -0.495 e. The summed E-state index contributed by atoms with van der Waals surface area (Å²) < 4.78 is 34.4. The summed E-state index contributed by atoms with van der Waals surface area (Å²) >= 11 is 0. The van der Waals surface area contributed by atoms with Gasteiger partial charge >= 0.3 is 0 Å². The molecule has 3 aromatic rings. The summed E-state index contributed by atoms with van der Waals surface area (Å²) in [6.45, 7) is 5.99. The van der Waals surface area contributed by atoms with Gasteiger partial charge in [0.05, 0.1) is 17.7 Å². The van der Waals surface area contributed by atoms with Crippen molar-refractivity contribution in [1.29, 1.82) is 0 Å². The highest BCUT2D eigenvalue weighted by atomic mass is 32.2. The number of nitrogens with one attached hydrogen (secondary N) is 1. The Bertz CT molecular complexity index is 1380. The number of sulfonamides is 1. The highest BCUT2D eigenvalue weighted by Gasteiger charge is 2.34. The third-order valence-electron chi connectivity index (χ3n) is 6.78. The van der Waals surface area contributed by atoms with Gasteiger partial charge in [-0.2, -0.15) is 0 Å². The number of hydrogen-bond donors (Lipinski definition) is 1. The lowest BCUT2D eigenvalue weighted by atomic mass is 10.1. The molecule has 0 aliphatic rings. The maximum absolute atomic E-state index is 14.2. The van der Waals surface area contributed by atoms with Gasteiger partial charge in [0, 0.05) is 13.1 Å². The molecule has 0 aromatic heterocycles. The van der Waals surface area contributed by atoms with E-state index in [1.807, 2.05) is 45.0 Å². The molecule has 0 fully saturated rings. The molecule has 1 atom stereocenters. The van der Waals surface area contributed by atoms with Gasteiger partial charge in [-0.3, -0.25) is 13.9 Å². The molecular weight excluding hydrogens is 526 g/mol. The van der Waals surface area contributed by atoms with Crippen molar-refractivity contribution in [2.45, 2.75) is 57.5 Å². The zero-order valence-corrected chi connectivity index (χ0v) is 24.5. The van der Waals surface area contributed by atoms with E-state index in [1.54, 1.807) is 42.5 Å². The van der Waals surface area contributed by atoms with Gasteiger partial charge in [-0.25, -0.2) is 8.42 Å². The molecular formula is C31H39N3O5S. The van der Waals surface area contributed by atoms with Crippen LogP contribution in [0.5, 0.6) is 5.75 Å². The lowest BCUT2D eigenvalue weighted by Crippen LogP contribution is -2.52. The number of anilines is 1. The Kier molecular flexibility index (Phi) is 11.1. The molecule has 3 rings (SSSR count). The molecule has 214 valence electrons. The van der Waals surface area contributed by atoms with Crippen LogP contribution in [-0.2, 0) is 26.2 Å². The number of benzene rings is 3. The number of hydrogen-bond acceptors (Lipinski definition) is 5. The van der Waals surface area contributed by atoms with Crippen molar-refractivity contribution in [2.24, 2.45) is 0 Å². The van der Waals surface area contributed by atoms with E-state index in [0.29, 0.717) is 18.7 Å². The van der Waals surface area contributed by atoms with E-state index in [0.717, 1.165) is 28.3 Å². The van der Waals surface area contributed by atoms with E-state index < -0.39 is 28.5 Å². The van der Waals surface area contributed by atoms with Crippen LogP contribution in [0.3, 0.4) is 0 Å². The fourth-order valence-electron chi connectivity index (χ4n) is 4.47. The summed E-state index contributed by atoms with van der Waals surface area (Å²) in [4.78, 5) is 29.0. The molecule has 8 nitrogen and oxygen atoms in total. The van der Waals surface area contributed by atoms with E-state index in [1.165, 1.54) is 24.1 Å². The minimum absolute atomic E-state index is 0.0449. The summed E-state index contributed by atoms with van der Waals surface area (Å²) in [6.07, 6.45) is 2.12. The zero-order chi connectivity index (χ0) is 29.1. The summed E-state index contributed by atoms with van der Waals surface area (Å²) in [6, 6.07) is 21.5. The number of carbonyl (C=O) groups is 2. The van der Waals surface area contributed by atoms with Crippen LogP contribution in [0, 0.1) is 6.92 Å². The standard InChI is InChI=1S/C31H39N3O5S/c1-5-7-21-32-31(36)27(6-2)33(22-25-16-12-11-15-24(25)3)30(35)23-34(28-19-13-14-20-29(28)39-4)40(37,38)26-17-9-8-10-18-26/h8-20,27H,5-7,21-23H2,1-4H3,(H,32,36). The van der Waals surface area contributed by atoms with Crippen molar-refractivity contribution in [2.75, 3.05) is 24.5 Å². The molecule has 1 unspecified atom stereocenters. The number of unbranched alkanes of at least 4 members (excludes halogenated alkanes) is 1. The molecule has 2 amide bonds. The maximum Gasteiger partial charge on any atom is 0.264 e. The summed E-state index contributed by atoms with van der Waals surface area (Å²) in [5, 5.41) is 2.95. The fourth-order valence-corrected chi connectivity index (χ4v) is 5.91. The van der Waals surface area contributed by atoms with E-state index in [4.69, 9.17) is 4.74 Å². The largest absolute Gasteiger partial charge is 0.495 e. The van der Waals surface area contributed by atoms with Gasteiger partial charge in [-0.05, 0) is 55.2 Å². The first-order valence-electron chi connectivity index (χ1n) is 13.6. The van der Waals surface area contributed by atoms with Gasteiger partial charge < -0.3 is 15.0 Å². The predicted molar refractivity (Wildman–Crippen MR) is 158 cm³/mol. The van der Waals surface area contributed by atoms with Crippen molar-refractivity contribution < 1.29 is 22.7 Å². The monoisotopic (exact) mass is 565 g/mol. The van der Waals surface area contributed by atoms with Crippen molar-refractivity contribution in [1.82, 2.24) is 10.2 Å². The number of amides is 2. The lowest BCUT2D eigenvalue weighted by molar-refractivity contribution is -0.140. The normalized spacial score (nSPS) is 11.9. The summed E-state index contributed by atoms with van der Waals surface area (Å²) in [5.41, 5.74) is 2.09. The maximum atomic E-state index is 14.2. The molecule has 0 heterocycles. The van der Waals surface area contributed by atoms with Gasteiger partial charge in [0.15, 0.2) is 0 Å². The number of ether oxygens (including phenoxy) is 1. The number of carbonyl (C=O) groups excluding carboxylic acids is 2. The van der Waals surface area contributed by atoms with Crippen molar-refractivity contribution in [3.8, 4) is 5.75 Å². The Morgan fingerprint density at radius 3 is 2.23 bits per heavy atom. The Hall–Kier alpha value is -3.85. The molecule has 40 heavy (non-hydrogen) atoms. The van der Waals surface area contributed by atoms with Gasteiger partial charge in [0.25, 0.3) is 10.0 Å². The SMILES string of the molecule is CCCCNC(=O)C(CC)N(Cc1ccccc1C)C(=O)CN(c1ccccc1OC)S(=O)(=O)c1ccccc1. The molecule has 0 bridgehead atoms. The van der Waals surface area contributed by atoms with Gasteiger partial charge in [-0.15, -0.1) is 0 Å². The fraction of sp³-hybridized carbons (Fsp3) is 0.355. The van der Waals surface area contributed by atoms with Crippen LogP contribution >= 0.6 is 0 Å². The van der Waals surface area contributed by atoms with Crippen LogP contribution in [0.15, 0.2) is 83.8 Å². The molecule has 0 saturated heterocycles. The van der Waals surface area contributed by atoms with Crippen molar-refractivity contribution in [3.63, 3.8) is 0 Å². The van der Waals surface area contributed by atoms with Crippen molar-refractivity contribution in [3.05, 3.63) is 90.0 Å². The third-order valence-corrected chi connectivity index (χ3v) is 8.56. The van der Waals surface area contributed by atoms with Crippen LogP contribution in [0.2, 0.25) is 0 Å². The second-order valence-corrected chi connectivity index (χ2v) is 11.4. The van der Waals surface area contributed by atoms with Crippen LogP contribution in [0.1, 0.15) is 44.2 Å². The minimum atomic E-state index is -4.16. The van der Waals surface area contributed by atoms with Crippen LogP contribution in [0.4, 0.5) is 5.69 Å². The third kappa shape index (κ3) is 7.41. The average Bonchev–Trinajstić information content (AvgIpc) is 2.97. The Labute approximate surface area is 238 Å². The van der Waals surface area contributed by atoms with Gasteiger partial charge in [0.1, 0.15) is 18.3 Å². The molecule has 1 N–H and O–H groups in total. The topological polar surface area (TPSA) is 96.0 Å². The highest BCUT2D eigenvalue weighted by Crippen LogP contribution is 2.32. The van der Waals surface area contributed by atoms with Crippen LogP contribution < -0.4 is 14.4 Å². The molecule has 0 radical (unpaired) electrons. The number of para-hydroxylation sites is 2. The first kappa shape index (κ1) is 30.7. The lowest BCUT2D eigenvalue weighted by Gasteiger charge is -2.33. The molecule has 0 aliphatic carbocycles. The molecule has 0 aliphatic heterocycles. The molecule has 9 heteroatoms. The van der Waals surface area contributed by atoms with E-state index in [9.17, 15) is 18.0 Å². The van der Waals surface area contributed by atoms with Gasteiger partial charge in [0.2, 0.25) is 11.8 Å². The summed E-state index contributed by atoms with van der Waals surface area (Å²) in [5.74, 6) is -0.441. The molecule has 0 spiro atoms. The van der Waals surface area contributed by atoms with E-state index in [2.05, 4.69) is 5.32 Å². The first-order chi connectivity index (χ1) is 19.2. The number of methoxy groups -OCH3 is 1. The second kappa shape index (κ2) is 14.5. The number of nitrogens with zero attached hydrogens (tertiary/aromatic N) is 2. The van der Waals surface area contributed by atoms with Crippen molar-refractivity contribution >= 4 is 27.5 Å². The van der Waals surface area contributed by atoms with Crippen LogP contribution in [-0.4, -0.2) is 51.4 Å². The number of rotatable bonds is 14. The van der Waals surface area contributed by atoms with E-state index >= 15 is 0 Å². The molecule has 0 saturated carbocycles. The van der Waals surface area contributed by atoms with Gasteiger partial charge in [-0.1, -0.05) is 74.9 Å². The highest BCUT2D eigenvalue weighted by molar-refractivity contribution is 7.92. The molecule has 3 aromatic carbocycles. The summed E-state index contributed by atoms with van der Waals surface area (Å²) in [7, 11) is -2.71. The van der Waals surface area contributed by atoms with Crippen LogP contribution in [0.25, 0.3) is 0 Å².